The summed E-state index contributed by atoms with van der Waals surface area (Å²) < 4.78 is 0. The van der Waals surface area contributed by atoms with Gasteiger partial charge >= 0.3 is 5.97 Å². The molecule has 0 amide bonds. The minimum absolute atomic E-state index is 0.635. The first-order valence-corrected chi connectivity index (χ1v) is 9.46. The summed E-state index contributed by atoms with van der Waals surface area (Å²) in [5.74, 6) is 1.86. The van der Waals surface area contributed by atoms with E-state index in [-0.39, 0.29) is 0 Å². The first kappa shape index (κ1) is 17.5. The molecule has 1 saturated heterocycles. The van der Waals surface area contributed by atoms with Crippen LogP contribution >= 0.6 is 0 Å². The Hall–Kier alpha value is -1.35. The molecular formula is C21H31NO2. The highest BCUT2D eigenvalue weighted by molar-refractivity contribution is 5.73. The second-order valence-corrected chi connectivity index (χ2v) is 8.50. The van der Waals surface area contributed by atoms with E-state index in [1.165, 1.54) is 37.7 Å². The van der Waals surface area contributed by atoms with Crippen LogP contribution in [0, 0.1) is 17.3 Å². The molecule has 2 atom stereocenters. The highest BCUT2D eigenvalue weighted by Gasteiger charge is 2.38. The fraction of sp³-hybridized carbons (Fsp3) is 0.667. The van der Waals surface area contributed by atoms with Gasteiger partial charge in [0.05, 0.1) is 5.41 Å². The first-order chi connectivity index (χ1) is 11.5. The van der Waals surface area contributed by atoms with Crippen molar-refractivity contribution in [2.75, 3.05) is 19.6 Å². The first-order valence-electron chi connectivity index (χ1n) is 9.46. The zero-order valence-corrected chi connectivity index (χ0v) is 15.1. The van der Waals surface area contributed by atoms with E-state index in [2.05, 4.69) is 35.2 Å². The summed E-state index contributed by atoms with van der Waals surface area (Å²) in [7, 11) is 0. The van der Waals surface area contributed by atoms with Gasteiger partial charge in [0.25, 0.3) is 0 Å². The predicted octanol–water partition coefficient (Wildman–Crippen LogP) is 4.39. The molecule has 2 fully saturated rings. The molecule has 0 spiro atoms. The molecule has 2 aliphatic rings. The predicted molar refractivity (Wildman–Crippen MR) is 97.1 cm³/mol. The number of carbonyl (C=O) groups is 1. The lowest BCUT2D eigenvalue weighted by molar-refractivity contribution is -0.148. The standard InChI is InChI=1S/C21H31NO2/c1-21(2,20(23)24)15-22-12-10-16(11-13-22)8-9-18-14-19(18)17-6-4-3-5-7-17/h3-7,16,18-19H,8-15H2,1-2H3,(H,23,24)/t18-,19+/m0/s1. The molecule has 0 aromatic heterocycles. The van der Waals surface area contributed by atoms with E-state index in [1.54, 1.807) is 0 Å². The SMILES string of the molecule is CC(C)(CN1CCC(CC[C@H]2C[C@@H]2c2ccccc2)CC1)C(=O)O. The topological polar surface area (TPSA) is 40.5 Å². The summed E-state index contributed by atoms with van der Waals surface area (Å²) in [5.41, 5.74) is 0.886. The Kier molecular flexibility index (Phi) is 5.29. The summed E-state index contributed by atoms with van der Waals surface area (Å²) in [4.78, 5) is 13.6. The van der Waals surface area contributed by atoms with Crippen molar-refractivity contribution in [3.05, 3.63) is 35.9 Å². The van der Waals surface area contributed by atoms with E-state index in [4.69, 9.17) is 0 Å². The van der Waals surface area contributed by atoms with Crippen LogP contribution in [0.2, 0.25) is 0 Å². The third-order valence-corrected chi connectivity index (χ3v) is 6.00. The zero-order valence-electron chi connectivity index (χ0n) is 15.1. The molecule has 1 aliphatic carbocycles. The molecule has 1 saturated carbocycles. The molecule has 3 rings (SSSR count). The second-order valence-electron chi connectivity index (χ2n) is 8.50. The number of aliphatic carboxylic acids is 1. The Morgan fingerprint density at radius 1 is 1.17 bits per heavy atom. The van der Waals surface area contributed by atoms with Crippen LogP contribution in [0.1, 0.15) is 57.4 Å². The number of rotatable bonds is 7. The Bertz CT molecular complexity index is 546. The molecule has 1 aromatic carbocycles. The summed E-state index contributed by atoms with van der Waals surface area (Å²) in [6, 6.07) is 10.9. The minimum atomic E-state index is -0.690. The van der Waals surface area contributed by atoms with Gasteiger partial charge in [-0.15, -0.1) is 0 Å². The maximum Gasteiger partial charge on any atom is 0.310 e. The van der Waals surface area contributed by atoms with Gasteiger partial charge in [-0.25, -0.2) is 0 Å². The highest BCUT2D eigenvalue weighted by Crippen LogP contribution is 2.50. The van der Waals surface area contributed by atoms with Gasteiger partial charge in [-0.1, -0.05) is 36.8 Å². The Morgan fingerprint density at radius 2 is 1.83 bits per heavy atom. The number of likely N-dealkylation sites (tertiary alicyclic amines) is 1. The van der Waals surface area contributed by atoms with Gasteiger partial charge in [0.1, 0.15) is 0 Å². The van der Waals surface area contributed by atoms with Gasteiger partial charge in [-0.3, -0.25) is 4.79 Å². The molecule has 1 aromatic rings. The number of hydrogen-bond acceptors (Lipinski definition) is 2. The third-order valence-electron chi connectivity index (χ3n) is 6.00. The molecule has 0 unspecified atom stereocenters. The van der Waals surface area contributed by atoms with Crippen LogP contribution in [0.4, 0.5) is 0 Å². The average Bonchev–Trinajstić information content (AvgIpc) is 3.34. The molecule has 24 heavy (non-hydrogen) atoms. The van der Waals surface area contributed by atoms with Gasteiger partial charge in [0, 0.05) is 6.54 Å². The van der Waals surface area contributed by atoms with Crippen LogP contribution in [0.25, 0.3) is 0 Å². The van der Waals surface area contributed by atoms with Crippen molar-refractivity contribution in [3.8, 4) is 0 Å². The minimum Gasteiger partial charge on any atom is -0.481 e. The number of hydrogen-bond donors (Lipinski definition) is 1. The van der Waals surface area contributed by atoms with Gasteiger partial charge in [-0.2, -0.15) is 0 Å². The molecule has 1 aliphatic heterocycles. The summed E-state index contributed by atoms with van der Waals surface area (Å²) in [6.45, 7) is 6.46. The van der Waals surface area contributed by atoms with Gasteiger partial charge in [0.15, 0.2) is 0 Å². The third kappa shape index (κ3) is 4.38. The van der Waals surface area contributed by atoms with E-state index in [9.17, 15) is 9.90 Å². The molecule has 0 radical (unpaired) electrons. The number of nitrogens with zero attached hydrogens (tertiary/aromatic N) is 1. The highest BCUT2D eigenvalue weighted by atomic mass is 16.4. The maximum absolute atomic E-state index is 11.3. The van der Waals surface area contributed by atoms with Gasteiger partial charge in [0.2, 0.25) is 0 Å². The maximum atomic E-state index is 11.3. The molecule has 132 valence electrons. The fourth-order valence-electron chi connectivity index (χ4n) is 4.18. The average molecular weight is 329 g/mol. The van der Waals surface area contributed by atoms with E-state index in [1.807, 2.05) is 13.8 Å². The van der Waals surface area contributed by atoms with Crippen molar-refractivity contribution in [2.45, 2.75) is 51.9 Å². The fourth-order valence-corrected chi connectivity index (χ4v) is 4.18. The molecular weight excluding hydrogens is 298 g/mol. The zero-order chi connectivity index (χ0) is 17.2. The van der Waals surface area contributed by atoms with Crippen LogP contribution in [-0.2, 0) is 4.79 Å². The number of carboxylic acids is 1. The van der Waals surface area contributed by atoms with Crippen LogP contribution < -0.4 is 0 Å². The van der Waals surface area contributed by atoms with Crippen molar-refractivity contribution in [1.82, 2.24) is 4.90 Å². The summed E-state index contributed by atoms with van der Waals surface area (Å²) in [5, 5.41) is 9.27. The molecule has 1 heterocycles. The van der Waals surface area contributed by atoms with Crippen molar-refractivity contribution >= 4 is 5.97 Å². The van der Waals surface area contributed by atoms with Crippen molar-refractivity contribution < 1.29 is 9.90 Å². The summed E-state index contributed by atoms with van der Waals surface area (Å²) >= 11 is 0. The lowest BCUT2D eigenvalue weighted by Crippen LogP contribution is -2.43. The number of carboxylic acid groups (broad SMARTS) is 1. The molecule has 3 heteroatoms. The van der Waals surface area contributed by atoms with Crippen LogP contribution in [0.5, 0.6) is 0 Å². The van der Waals surface area contributed by atoms with E-state index < -0.39 is 11.4 Å². The largest absolute Gasteiger partial charge is 0.481 e. The van der Waals surface area contributed by atoms with E-state index in [0.717, 1.165) is 30.8 Å². The monoisotopic (exact) mass is 329 g/mol. The Morgan fingerprint density at radius 3 is 2.46 bits per heavy atom. The van der Waals surface area contributed by atoms with Gasteiger partial charge < -0.3 is 10.0 Å². The quantitative estimate of drug-likeness (QED) is 0.806. The molecule has 3 nitrogen and oxygen atoms in total. The van der Waals surface area contributed by atoms with Crippen LogP contribution in [-0.4, -0.2) is 35.6 Å². The van der Waals surface area contributed by atoms with E-state index in [0.29, 0.717) is 6.54 Å². The van der Waals surface area contributed by atoms with E-state index >= 15 is 0 Å². The normalized spacial score (nSPS) is 25.6. The van der Waals surface area contributed by atoms with Crippen LogP contribution in [0.15, 0.2) is 30.3 Å². The number of piperidine rings is 1. The lowest BCUT2D eigenvalue weighted by Gasteiger charge is -2.35. The van der Waals surface area contributed by atoms with Gasteiger partial charge in [-0.05, 0) is 75.9 Å². The second kappa shape index (κ2) is 7.26. The number of benzene rings is 1. The van der Waals surface area contributed by atoms with Crippen LogP contribution in [0.3, 0.4) is 0 Å². The summed E-state index contributed by atoms with van der Waals surface area (Å²) in [6.07, 6.45) is 6.56. The molecule has 1 N–H and O–H groups in total. The van der Waals surface area contributed by atoms with Crippen molar-refractivity contribution in [1.29, 1.82) is 0 Å². The Balaban J connectivity index is 1.36. The molecule has 0 bridgehead atoms. The smallest absolute Gasteiger partial charge is 0.310 e. The lowest BCUT2D eigenvalue weighted by atomic mass is 9.88. The Labute approximate surface area is 146 Å². The van der Waals surface area contributed by atoms with Crippen molar-refractivity contribution in [3.63, 3.8) is 0 Å². The van der Waals surface area contributed by atoms with Crippen molar-refractivity contribution in [2.24, 2.45) is 17.3 Å².